The summed E-state index contributed by atoms with van der Waals surface area (Å²) in [6.07, 6.45) is -7.37. The lowest BCUT2D eigenvalue weighted by Gasteiger charge is -2.39. The summed E-state index contributed by atoms with van der Waals surface area (Å²) in [5.74, 6) is -0.0935. The van der Waals surface area contributed by atoms with E-state index in [1.807, 2.05) is 0 Å². The Labute approximate surface area is 141 Å². The Hall–Kier alpha value is -2.17. The first-order chi connectivity index (χ1) is 11.8. The van der Waals surface area contributed by atoms with Gasteiger partial charge in [0.25, 0.3) is 0 Å². The fraction of sp³-hybridized carbons (Fsp3) is 0.438. The highest BCUT2D eigenvalue weighted by Gasteiger charge is 2.44. The summed E-state index contributed by atoms with van der Waals surface area (Å²) in [4.78, 5) is 11.7. The van der Waals surface area contributed by atoms with Crippen molar-refractivity contribution in [3.63, 3.8) is 0 Å². The topological polar surface area (TPSA) is 150 Å². The van der Waals surface area contributed by atoms with Gasteiger partial charge >= 0.3 is 5.63 Å². The van der Waals surface area contributed by atoms with Crippen LogP contribution in [0.1, 0.15) is 5.56 Å². The van der Waals surface area contributed by atoms with Gasteiger partial charge < -0.3 is 39.4 Å². The van der Waals surface area contributed by atoms with Crippen molar-refractivity contribution >= 4 is 11.0 Å². The van der Waals surface area contributed by atoms with Gasteiger partial charge in [-0.25, -0.2) is 4.79 Å². The zero-order valence-corrected chi connectivity index (χ0v) is 13.2. The summed E-state index contributed by atoms with van der Waals surface area (Å²) in [5.41, 5.74) is -0.194. The summed E-state index contributed by atoms with van der Waals surface area (Å²) in [7, 11) is 0. The SMILES string of the molecule is Cc1c(O)ccc2oc(=O)cc(OC3OC(CO)C(O)C(O)C3O)c12. The van der Waals surface area contributed by atoms with Gasteiger partial charge in [-0.1, -0.05) is 0 Å². The van der Waals surface area contributed by atoms with Crippen LogP contribution in [0, 0.1) is 6.92 Å². The smallest absolute Gasteiger partial charge is 0.339 e. The molecule has 3 rings (SSSR count). The Morgan fingerprint density at radius 2 is 1.88 bits per heavy atom. The van der Waals surface area contributed by atoms with Crippen LogP contribution in [0.4, 0.5) is 0 Å². The second-order valence-corrected chi connectivity index (χ2v) is 5.83. The van der Waals surface area contributed by atoms with Gasteiger partial charge in [0.2, 0.25) is 6.29 Å². The van der Waals surface area contributed by atoms with E-state index in [9.17, 15) is 30.3 Å². The third kappa shape index (κ3) is 3.08. The molecule has 9 heteroatoms. The van der Waals surface area contributed by atoms with Crippen LogP contribution >= 0.6 is 0 Å². The van der Waals surface area contributed by atoms with E-state index in [-0.39, 0.29) is 22.5 Å². The maximum atomic E-state index is 11.7. The minimum absolute atomic E-state index is 0.0380. The summed E-state index contributed by atoms with van der Waals surface area (Å²) >= 11 is 0. The average Bonchev–Trinajstić information content (AvgIpc) is 2.58. The first-order valence-electron chi connectivity index (χ1n) is 7.57. The van der Waals surface area contributed by atoms with Gasteiger partial charge in [-0.3, -0.25) is 0 Å². The van der Waals surface area contributed by atoms with E-state index in [2.05, 4.69) is 0 Å². The molecule has 0 spiro atoms. The molecule has 136 valence electrons. The van der Waals surface area contributed by atoms with Crippen LogP contribution in [-0.4, -0.2) is 62.8 Å². The zero-order chi connectivity index (χ0) is 18.3. The van der Waals surface area contributed by atoms with Crippen molar-refractivity contribution in [2.45, 2.75) is 37.6 Å². The number of aliphatic hydroxyl groups is 4. The number of hydrogen-bond donors (Lipinski definition) is 5. The van der Waals surface area contributed by atoms with Gasteiger partial charge in [-0.15, -0.1) is 0 Å². The van der Waals surface area contributed by atoms with Crippen molar-refractivity contribution in [2.24, 2.45) is 0 Å². The van der Waals surface area contributed by atoms with E-state index in [1.165, 1.54) is 12.1 Å². The van der Waals surface area contributed by atoms with E-state index in [0.29, 0.717) is 5.56 Å². The van der Waals surface area contributed by atoms with Gasteiger partial charge in [0, 0.05) is 5.56 Å². The van der Waals surface area contributed by atoms with E-state index < -0.39 is 42.9 Å². The Morgan fingerprint density at radius 3 is 2.56 bits per heavy atom. The first-order valence-corrected chi connectivity index (χ1v) is 7.57. The number of hydrogen-bond acceptors (Lipinski definition) is 9. The maximum absolute atomic E-state index is 11.7. The van der Waals surface area contributed by atoms with Crippen molar-refractivity contribution in [1.29, 1.82) is 0 Å². The van der Waals surface area contributed by atoms with Crippen LogP contribution in [0.2, 0.25) is 0 Å². The Kier molecular flexibility index (Phi) is 4.67. The summed E-state index contributed by atoms with van der Waals surface area (Å²) in [6.45, 7) is 0.972. The molecule has 2 aromatic rings. The molecule has 0 radical (unpaired) electrons. The molecule has 0 amide bonds. The molecule has 1 aliphatic heterocycles. The van der Waals surface area contributed by atoms with E-state index in [0.717, 1.165) is 6.07 Å². The molecule has 9 nitrogen and oxygen atoms in total. The molecule has 1 aliphatic rings. The lowest BCUT2D eigenvalue weighted by atomic mass is 9.99. The fourth-order valence-electron chi connectivity index (χ4n) is 2.77. The summed E-state index contributed by atoms with van der Waals surface area (Å²) in [6, 6.07) is 3.76. The standard InChI is InChI=1S/C16H18O9/c1-6-7(18)2-3-8-12(6)9(4-11(19)23-8)24-16-15(22)14(21)13(20)10(5-17)25-16/h2-4,10,13-18,20-22H,5H2,1H3. The van der Waals surface area contributed by atoms with Crippen molar-refractivity contribution in [3.8, 4) is 11.5 Å². The third-order valence-corrected chi connectivity index (χ3v) is 4.20. The molecular weight excluding hydrogens is 336 g/mol. The van der Waals surface area contributed by atoms with Gasteiger partial charge in [0.05, 0.1) is 18.1 Å². The zero-order valence-electron chi connectivity index (χ0n) is 13.2. The van der Waals surface area contributed by atoms with E-state index >= 15 is 0 Å². The first kappa shape index (κ1) is 17.6. The fourth-order valence-corrected chi connectivity index (χ4v) is 2.77. The number of aryl methyl sites for hydroxylation is 1. The molecule has 5 unspecified atom stereocenters. The molecule has 1 aromatic heterocycles. The molecule has 1 fully saturated rings. The van der Waals surface area contributed by atoms with Gasteiger partial charge in [0.1, 0.15) is 41.5 Å². The lowest BCUT2D eigenvalue weighted by molar-refractivity contribution is -0.277. The van der Waals surface area contributed by atoms with Crippen LogP contribution < -0.4 is 10.4 Å². The number of benzene rings is 1. The second-order valence-electron chi connectivity index (χ2n) is 5.83. The minimum Gasteiger partial charge on any atom is -0.508 e. The molecule has 1 aromatic carbocycles. The summed E-state index contributed by atoms with van der Waals surface area (Å²) in [5, 5.41) is 49.0. The van der Waals surface area contributed by atoms with Crippen LogP contribution in [0.15, 0.2) is 27.4 Å². The lowest BCUT2D eigenvalue weighted by Crippen LogP contribution is -2.60. The number of rotatable bonds is 3. The Morgan fingerprint density at radius 1 is 1.16 bits per heavy atom. The third-order valence-electron chi connectivity index (χ3n) is 4.20. The van der Waals surface area contributed by atoms with Gasteiger partial charge in [-0.05, 0) is 19.1 Å². The van der Waals surface area contributed by atoms with Crippen LogP contribution in [-0.2, 0) is 4.74 Å². The van der Waals surface area contributed by atoms with Crippen molar-refractivity contribution in [3.05, 3.63) is 34.2 Å². The molecule has 1 saturated heterocycles. The number of aromatic hydroxyl groups is 1. The normalized spacial score (nSPS) is 29.7. The highest BCUT2D eigenvalue weighted by atomic mass is 16.7. The molecule has 0 saturated carbocycles. The molecule has 0 bridgehead atoms. The highest BCUT2D eigenvalue weighted by Crippen LogP contribution is 2.34. The quantitative estimate of drug-likeness (QED) is 0.437. The van der Waals surface area contributed by atoms with Crippen molar-refractivity contribution < 1.29 is 39.4 Å². The number of fused-ring (bicyclic) bond motifs is 1. The van der Waals surface area contributed by atoms with Crippen LogP contribution in [0.5, 0.6) is 11.5 Å². The van der Waals surface area contributed by atoms with E-state index in [1.54, 1.807) is 6.92 Å². The average molecular weight is 354 g/mol. The monoisotopic (exact) mass is 354 g/mol. The van der Waals surface area contributed by atoms with Crippen LogP contribution in [0.3, 0.4) is 0 Å². The molecule has 25 heavy (non-hydrogen) atoms. The van der Waals surface area contributed by atoms with E-state index in [4.69, 9.17) is 13.9 Å². The molecular formula is C16H18O9. The molecule has 0 aliphatic carbocycles. The van der Waals surface area contributed by atoms with Crippen molar-refractivity contribution in [2.75, 3.05) is 6.61 Å². The predicted molar refractivity (Wildman–Crippen MR) is 83.3 cm³/mol. The maximum Gasteiger partial charge on any atom is 0.339 e. The second kappa shape index (κ2) is 6.62. The van der Waals surface area contributed by atoms with Crippen molar-refractivity contribution in [1.82, 2.24) is 0 Å². The number of ether oxygens (including phenoxy) is 2. The largest absolute Gasteiger partial charge is 0.508 e. The van der Waals surface area contributed by atoms with Gasteiger partial charge in [-0.2, -0.15) is 0 Å². The highest BCUT2D eigenvalue weighted by molar-refractivity contribution is 5.88. The number of phenols is 1. The molecule has 2 heterocycles. The Bertz CT molecular complexity index is 828. The number of aliphatic hydroxyl groups excluding tert-OH is 4. The number of phenolic OH excluding ortho intramolecular Hbond substituents is 1. The summed E-state index contributed by atoms with van der Waals surface area (Å²) < 4.78 is 15.8. The predicted octanol–water partition coefficient (Wildman–Crippen LogP) is -1.01. The Balaban J connectivity index is 2.02. The van der Waals surface area contributed by atoms with Gasteiger partial charge in [0.15, 0.2) is 0 Å². The molecule has 5 atom stereocenters. The minimum atomic E-state index is -1.63. The van der Waals surface area contributed by atoms with Crippen LogP contribution in [0.25, 0.3) is 11.0 Å². The molecule has 5 N–H and O–H groups in total.